The molecule has 2 heterocycles. The van der Waals surface area contributed by atoms with Gasteiger partial charge in [-0.25, -0.2) is 4.98 Å². The summed E-state index contributed by atoms with van der Waals surface area (Å²) >= 11 is 0. The third-order valence-corrected chi connectivity index (χ3v) is 5.89. The smallest absolute Gasteiger partial charge is 0.254 e. The van der Waals surface area contributed by atoms with Gasteiger partial charge in [-0.05, 0) is 56.7 Å². The van der Waals surface area contributed by atoms with E-state index in [9.17, 15) is 4.79 Å². The number of piperidine rings is 1. The molecule has 2 aromatic rings. The fourth-order valence-corrected chi connectivity index (χ4v) is 4.23. The monoisotopic (exact) mass is 367 g/mol. The third-order valence-electron chi connectivity index (χ3n) is 5.89. The highest BCUT2D eigenvalue weighted by atomic mass is 16.5. The number of ether oxygens (including phenoxy) is 1. The topological polar surface area (TPSA) is 47.4 Å². The fraction of sp³-hybridized carbons (Fsp3) is 0.545. The van der Waals surface area contributed by atoms with Crippen LogP contribution in [0.25, 0.3) is 0 Å². The van der Waals surface area contributed by atoms with Gasteiger partial charge in [0, 0.05) is 43.5 Å². The van der Waals surface area contributed by atoms with Crippen molar-refractivity contribution in [3.63, 3.8) is 0 Å². The molecule has 1 atom stereocenters. The van der Waals surface area contributed by atoms with Crippen molar-refractivity contribution in [1.82, 2.24) is 14.5 Å². The minimum atomic E-state index is 0.0957. The average molecular weight is 367 g/mol. The summed E-state index contributed by atoms with van der Waals surface area (Å²) in [5, 5.41) is 0. The third kappa shape index (κ3) is 4.02. The summed E-state index contributed by atoms with van der Waals surface area (Å²) in [6.45, 7) is 5.20. The maximum Gasteiger partial charge on any atom is 0.254 e. The van der Waals surface area contributed by atoms with Gasteiger partial charge in [-0.3, -0.25) is 4.79 Å². The number of aromatic nitrogens is 2. The van der Waals surface area contributed by atoms with E-state index in [1.807, 2.05) is 42.3 Å². The second-order valence-corrected chi connectivity index (χ2v) is 7.79. The Kier molecular flexibility index (Phi) is 5.46. The molecule has 1 aromatic heterocycles. The van der Waals surface area contributed by atoms with E-state index in [1.165, 1.54) is 19.3 Å². The predicted octanol–water partition coefficient (Wildman–Crippen LogP) is 4.10. The SMILES string of the molecule is CCOc1cccc(C(=O)N2CCCC(c3nccn3CC3CCC3)C2)c1. The number of carbonyl (C=O) groups excluding carboxylic acids is 1. The summed E-state index contributed by atoms with van der Waals surface area (Å²) in [6.07, 6.45) is 10.2. The molecule has 1 aromatic carbocycles. The molecule has 1 saturated carbocycles. The van der Waals surface area contributed by atoms with Crippen LogP contribution in [0.3, 0.4) is 0 Å². The lowest BCUT2D eigenvalue weighted by molar-refractivity contribution is 0.0702. The van der Waals surface area contributed by atoms with Gasteiger partial charge < -0.3 is 14.2 Å². The molecule has 1 unspecified atom stereocenters. The van der Waals surface area contributed by atoms with Gasteiger partial charge >= 0.3 is 0 Å². The molecule has 1 aliphatic carbocycles. The molecule has 27 heavy (non-hydrogen) atoms. The molecule has 0 radical (unpaired) electrons. The maximum atomic E-state index is 13.0. The van der Waals surface area contributed by atoms with Crippen LogP contribution < -0.4 is 4.74 Å². The van der Waals surface area contributed by atoms with Crippen molar-refractivity contribution >= 4 is 5.91 Å². The zero-order chi connectivity index (χ0) is 18.6. The molecule has 0 bridgehead atoms. The van der Waals surface area contributed by atoms with Crippen molar-refractivity contribution in [3.8, 4) is 5.75 Å². The first-order valence-corrected chi connectivity index (χ1v) is 10.3. The van der Waals surface area contributed by atoms with Crippen molar-refractivity contribution in [2.24, 2.45) is 5.92 Å². The molecule has 1 saturated heterocycles. The van der Waals surface area contributed by atoms with E-state index in [-0.39, 0.29) is 5.91 Å². The molecule has 2 aliphatic rings. The van der Waals surface area contributed by atoms with E-state index in [2.05, 4.69) is 15.7 Å². The van der Waals surface area contributed by atoms with E-state index in [0.717, 1.165) is 50.0 Å². The lowest BCUT2D eigenvalue weighted by Gasteiger charge is -2.34. The van der Waals surface area contributed by atoms with Crippen LogP contribution in [0, 0.1) is 5.92 Å². The molecular formula is C22H29N3O2. The first-order chi connectivity index (χ1) is 13.2. The summed E-state index contributed by atoms with van der Waals surface area (Å²) in [5.41, 5.74) is 0.708. The molecule has 5 nitrogen and oxygen atoms in total. The van der Waals surface area contributed by atoms with Crippen molar-refractivity contribution in [2.75, 3.05) is 19.7 Å². The molecule has 5 heteroatoms. The van der Waals surface area contributed by atoms with Crippen molar-refractivity contribution < 1.29 is 9.53 Å². The number of hydrogen-bond acceptors (Lipinski definition) is 3. The largest absolute Gasteiger partial charge is 0.494 e. The molecular weight excluding hydrogens is 338 g/mol. The van der Waals surface area contributed by atoms with Gasteiger partial charge in [-0.1, -0.05) is 12.5 Å². The summed E-state index contributed by atoms with van der Waals surface area (Å²) < 4.78 is 7.88. The number of benzene rings is 1. The highest BCUT2D eigenvalue weighted by Gasteiger charge is 2.29. The van der Waals surface area contributed by atoms with Gasteiger partial charge in [0.25, 0.3) is 5.91 Å². The molecule has 2 fully saturated rings. The van der Waals surface area contributed by atoms with Gasteiger partial charge in [0.15, 0.2) is 0 Å². The Morgan fingerprint density at radius 1 is 1.26 bits per heavy atom. The van der Waals surface area contributed by atoms with E-state index in [1.54, 1.807) is 0 Å². The Morgan fingerprint density at radius 2 is 2.15 bits per heavy atom. The van der Waals surface area contributed by atoms with Crippen LogP contribution in [0.2, 0.25) is 0 Å². The Morgan fingerprint density at radius 3 is 2.93 bits per heavy atom. The van der Waals surface area contributed by atoms with Crippen molar-refractivity contribution in [2.45, 2.75) is 51.5 Å². The van der Waals surface area contributed by atoms with Gasteiger partial charge in [-0.2, -0.15) is 0 Å². The molecule has 1 aliphatic heterocycles. The quantitative estimate of drug-likeness (QED) is 0.772. The number of amides is 1. The van der Waals surface area contributed by atoms with Crippen LogP contribution in [0.5, 0.6) is 5.75 Å². The van der Waals surface area contributed by atoms with Gasteiger partial charge in [0.2, 0.25) is 0 Å². The van der Waals surface area contributed by atoms with E-state index >= 15 is 0 Å². The number of rotatable bonds is 6. The minimum Gasteiger partial charge on any atom is -0.494 e. The minimum absolute atomic E-state index is 0.0957. The second-order valence-electron chi connectivity index (χ2n) is 7.79. The normalized spacial score (nSPS) is 20.3. The van der Waals surface area contributed by atoms with Gasteiger partial charge in [0.1, 0.15) is 11.6 Å². The predicted molar refractivity (Wildman–Crippen MR) is 105 cm³/mol. The van der Waals surface area contributed by atoms with Gasteiger partial charge in [-0.15, -0.1) is 0 Å². The standard InChI is InChI=1S/C22H29N3O2/c1-2-27-20-10-4-8-18(14-20)22(26)25-12-5-9-19(16-25)21-23-11-13-24(21)15-17-6-3-7-17/h4,8,10-11,13-14,17,19H,2-3,5-7,9,12,15-16H2,1H3. The summed E-state index contributed by atoms with van der Waals surface area (Å²) in [6, 6.07) is 7.53. The number of nitrogens with zero attached hydrogens (tertiary/aromatic N) is 3. The average Bonchev–Trinajstić information content (AvgIpc) is 3.13. The first kappa shape index (κ1) is 18.1. The van der Waals surface area contributed by atoms with Crippen molar-refractivity contribution in [1.29, 1.82) is 0 Å². The second kappa shape index (κ2) is 8.15. The highest BCUT2D eigenvalue weighted by molar-refractivity contribution is 5.94. The van der Waals surface area contributed by atoms with Crippen LogP contribution >= 0.6 is 0 Å². The van der Waals surface area contributed by atoms with Crippen LogP contribution in [-0.2, 0) is 6.54 Å². The Labute approximate surface area is 161 Å². The summed E-state index contributed by atoms with van der Waals surface area (Å²) in [5.74, 6) is 3.14. The molecule has 0 N–H and O–H groups in total. The number of carbonyl (C=O) groups is 1. The lowest BCUT2D eigenvalue weighted by Crippen LogP contribution is -2.40. The highest BCUT2D eigenvalue weighted by Crippen LogP contribution is 2.31. The Balaban J connectivity index is 1.46. The van der Waals surface area contributed by atoms with Crippen molar-refractivity contribution in [3.05, 3.63) is 48.0 Å². The van der Waals surface area contributed by atoms with E-state index < -0.39 is 0 Å². The van der Waals surface area contributed by atoms with Gasteiger partial charge in [0.05, 0.1) is 6.61 Å². The zero-order valence-electron chi connectivity index (χ0n) is 16.1. The van der Waals surface area contributed by atoms with Crippen LogP contribution in [-0.4, -0.2) is 40.1 Å². The zero-order valence-corrected chi connectivity index (χ0v) is 16.1. The fourth-order valence-electron chi connectivity index (χ4n) is 4.23. The van der Waals surface area contributed by atoms with Crippen LogP contribution in [0.1, 0.15) is 61.1 Å². The first-order valence-electron chi connectivity index (χ1n) is 10.3. The van der Waals surface area contributed by atoms with E-state index in [0.29, 0.717) is 18.1 Å². The Hall–Kier alpha value is -2.30. The summed E-state index contributed by atoms with van der Waals surface area (Å²) in [7, 11) is 0. The number of imidazole rings is 1. The number of hydrogen-bond donors (Lipinski definition) is 0. The molecule has 144 valence electrons. The summed E-state index contributed by atoms with van der Waals surface area (Å²) in [4.78, 5) is 19.7. The Bertz CT molecular complexity index is 781. The van der Waals surface area contributed by atoms with Crippen LogP contribution in [0.15, 0.2) is 36.7 Å². The molecule has 4 rings (SSSR count). The lowest BCUT2D eigenvalue weighted by atomic mass is 9.85. The number of likely N-dealkylation sites (tertiary alicyclic amines) is 1. The maximum absolute atomic E-state index is 13.0. The molecule has 1 amide bonds. The molecule has 0 spiro atoms. The van der Waals surface area contributed by atoms with E-state index in [4.69, 9.17) is 4.74 Å². The van der Waals surface area contributed by atoms with Crippen LogP contribution in [0.4, 0.5) is 0 Å².